The number of ether oxygens (including phenoxy) is 1. The lowest BCUT2D eigenvalue weighted by Gasteiger charge is -2.27. The second-order valence-electron chi connectivity index (χ2n) is 23.6. The largest absolute Gasteiger partial charge is 0.472 e. The van der Waals surface area contributed by atoms with Gasteiger partial charge in [0.2, 0.25) is 5.91 Å². The lowest BCUT2D eigenvalue weighted by molar-refractivity contribution is -0.870. The van der Waals surface area contributed by atoms with Crippen molar-refractivity contribution in [3.05, 3.63) is 97.2 Å². The van der Waals surface area contributed by atoms with Crippen molar-refractivity contribution < 1.29 is 37.3 Å². The number of nitrogens with zero attached hydrogens (tertiary/aromatic N) is 1. The molecular formula is C71H128N2O7P+. The molecule has 0 aromatic rings. The molecule has 0 saturated carbocycles. The lowest BCUT2D eigenvalue weighted by atomic mass is 10.0. The van der Waals surface area contributed by atoms with E-state index in [1.807, 2.05) is 33.3 Å². The van der Waals surface area contributed by atoms with Crippen molar-refractivity contribution in [2.24, 2.45) is 0 Å². The normalized spacial score (nSPS) is 14.2. The topological polar surface area (TPSA) is 111 Å². The first-order valence-electron chi connectivity index (χ1n) is 33.6. The third-order valence-corrected chi connectivity index (χ3v) is 15.5. The third kappa shape index (κ3) is 61.3. The van der Waals surface area contributed by atoms with Gasteiger partial charge in [0.05, 0.1) is 33.8 Å². The number of esters is 1. The number of unbranched alkanes of at least 4 members (excludes halogenated alkanes) is 30. The first kappa shape index (κ1) is 77.9. The monoisotopic (exact) mass is 1150 g/mol. The summed E-state index contributed by atoms with van der Waals surface area (Å²) in [4.78, 5) is 37.8. The third-order valence-electron chi connectivity index (χ3n) is 14.5. The fourth-order valence-electron chi connectivity index (χ4n) is 9.28. The number of hydrogen-bond donors (Lipinski definition) is 2. The molecule has 2 N–H and O–H groups in total. The van der Waals surface area contributed by atoms with Gasteiger partial charge in [0.1, 0.15) is 19.3 Å². The van der Waals surface area contributed by atoms with Crippen LogP contribution in [0.1, 0.15) is 290 Å². The first-order valence-corrected chi connectivity index (χ1v) is 35.1. The van der Waals surface area contributed by atoms with Gasteiger partial charge in [-0.05, 0) is 115 Å². The van der Waals surface area contributed by atoms with E-state index in [1.54, 1.807) is 0 Å². The summed E-state index contributed by atoms with van der Waals surface area (Å²) >= 11 is 0. The molecule has 0 bridgehead atoms. The van der Waals surface area contributed by atoms with Gasteiger partial charge >= 0.3 is 13.8 Å². The number of hydrogen-bond acceptors (Lipinski definition) is 6. The minimum absolute atomic E-state index is 0.0311. The molecule has 0 aliphatic heterocycles. The Balaban J connectivity index is 5.21. The smallest absolute Gasteiger partial charge is 0.456 e. The number of carbonyl (C=O) groups excluding carboxylic acids is 2. The molecule has 3 unspecified atom stereocenters. The van der Waals surface area contributed by atoms with Crippen molar-refractivity contribution in [1.82, 2.24) is 5.32 Å². The number of allylic oxidation sites excluding steroid dienone is 15. The predicted molar refractivity (Wildman–Crippen MR) is 350 cm³/mol. The number of phosphoric acid groups is 1. The maximum absolute atomic E-state index is 13.6. The number of likely N-dealkylation sites (N-methyl/N-ethyl adjacent to an activating group) is 1. The highest BCUT2D eigenvalue weighted by Gasteiger charge is 2.30. The highest BCUT2D eigenvalue weighted by Crippen LogP contribution is 2.43. The van der Waals surface area contributed by atoms with E-state index in [0.29, 0.717) is 23.9 Å². The summed E-state index contributed by atoms with van der Waals surface area (Å²) in [6.07, 6.45) is 81.2. The molecule has 0 heterocycles. The standard InChI is InChI=1S/C71H127N2O7P/c1-7-10-13-16-19-22-25-28-30-32-33-34-35-36-37-38-39-41-42-45-48-51-54-57-60-63-70(74)72-68(67-79-81(76,77)78-66-65-73(4,5)6)69(62-59-56-53-50-47-44-27-24-21-18-15-12-9-3)80-71(75)64-61-58-55-52-49-46-43-40-31-29-26-23-20-17-14-11-8-2/h19-20,22-23,28-31,33-34,36-37,43,46,59,62,68-69H,7-18,21,24-27,32,35,38-42,44-45,47-58,60-61,63-67H2,1-6H3,(H-,72,74,76,77)/p+1/b22-19-,23-20-,30-28-,31-29-,34-33-,37-36-,46-43-,62-59-. The Bertz CT molecular complexity index is 1710. The molecule has 0 aliphatic carbocycles. The average Bonchev–Trinajstić information content (AvgIpc) is 3.44. The number of nitrogens with one attached hydrogen (secondary N) is 1. The molecule has 10 heteroatoms. The fourth-order valence-corrected chi connectivity index (χ4v) is 10.0. The first-order chi connectivity index (χ1) is 39.4. The number of carbonyl (C=O) groups is 2. The van der Waals surface area contributed by atoms with Crippen LogP contribution in [0.15, 0.2) is 97.2 Å². The molecule has 468 valence electrons. The molecule has 0 spiro atoms. The number of quaternary nitrogens is 1. The summed E-state index contributed by atoms with van der Waals surface area (Å²) in [6, 6.07) is -0.867. The maximum atomic E-state index is 13.6. The zero-order chi connectivity index (χ0) is 59.3. The van der Waals surface area contributed by atoms with E-state index in [-0.39, 0.29) is 31.5 Å². The molecular weight excluding hydrogens is 1020 g/mol. The zero-order valence-corrected chi connectivity index (χ0v) is 54.4. The second-order valence-corrected chi connectivity index (χ2v) is 25.1. The van der Waals surface area contributed by atoms with Gasteiger partial charge in [-0.25, -0.2) is 4.57 Å². The van der Waals surface area contributed by atoms with Crippen LogP contribution in [0.4, 0.5) is 0 Å². The lowest BCUT2D eigenvalue weighted by Crippen LogP contribution is -2.47. The van der Waals surface area contributed by atoms with Crippen molar-refractivity contribution in [3.63, 3.8) is 0 Å². The van der Waals surface area contributed by atoms with Crippen molar-refractivity contribution in [2.75, 3.05) is 40.9 Å². The minimum atomic E-state index is -4.46. The molecule has 81 heavy (non-hydrogen) atoms. The molecule has 1 amide bonds. The van der Waals surface area contributed by atoms with Crippen LogP contribution in [0, 0.1) is 0 Å². The number of amides is 1. The Kier molecular flexibility index (Phi) is 57.8. The van der Waals surface area contributed by atoms with Gasteiger partial charge in [0.15, 0.2) is 0 Å². The van der Waals surface area contributed by atoms with Gasteiger partial charge < -0.3 is 19.4 Å². The molecule has 0 fully saturated rings. The van der Waals surface area contributed by atoms with Crippen LogP contribution in [-0.4, -0.2) is 74.3 Å². The quantitative estimate of drug-likeness (QED) is 0.0205. The van der Waals surface area contributed by atoms with Crippen LogP contribution in [0.5, 0.6) is 0 Å². The van der Waals surface area contributed by atoms with Crippen molar-refractivity contribution in [2.45, 2.75) is 303 Å². The molecule has 0 radical (unpaired) electrons. The van der Waals surface area contributed by atoms with E-state index >= 15 is 0 Å². The van der Waals surface area contributed by atoms with Gasteiger partial charge in [0, 0.05) is 12.8 Å². The second kappa shape index (κ2) is 60.1. The van der Waals surface area contributed by atoms with Gasteiger partial charge in [-0.15, -0.1) is 0 Å². The zero-order valence-electron chi connectivity index (χ0n) is 53.5. The fraction of sp³-hybridized carbons (Fsp3) is 0.746. The van der Waals surface area contributed by atoms with Crippen LogP contribution >= 0.6 is 7.82 Å². The van der Waals surface area contributed by atoms with E-state index in [1.165, 1.54) is 141 Å². The molecule has 0 rings (SSSR count). The van der Waals surface area contributed by atoms with Crippen LogP contribution in [0.3, 0.4) is 0 Å². The summed E-state index contributed by atoms with van der Waals surface area (Å²) < 4.78 is 30.8. The SMILES string of the molecule is CCCCC/C=C\C/C=C\C/C=C\C/C=C\CCCCCCCCCCCC(=O)NC(COP(=O)(O)OCC[N+](C)(C)C)C(/C=C\CCCCCCCCCCCCC)OC(=O)CCCCCC/C=C\C/C=C\C/C=C\CCCCC. The average molecular weight is 1150 g/mol. The number of rotatable bonds is 60. The van der Waals surface area contributed by atoms with E-state index in [0.717, 1.165) is 109 Å². The highest BCUT2D eigenvalue weighted by atomic mass is 31.2. The Morgan fingerprint density at radius 1 is 0.432 bits per heavy atom. The van der Waals surface area contributed by atoms with Crippen LogP contribution in [-0.2, 0) is 27.9 Å². The molecule has 0 aromatic carbocycles. The van der Waals surface area contributed by atoms with Gasteiger partial charge in [-0.3, -0.25) is 18.6 Å². The molecule has 0 aliphatic rings. The molecule has 0 saturated heterocycles. The Morgan fingerprint density at radius 2 is 0.753 bits per heavy atom. The summed E-state index contributed by atoms with van der Waals surface area (Å²) in [5.41, 5.74) is 0. The summed E-state index contributed by atoms with van der Waals surface area (Å²) in [5.74, 6) is -0.536. The van der Waals surface area contributed by atoms with Crippen molar-refractivity contribution >= 4 is 19.7 Å². The predicted octanol–water partition coefficient (Wildman–Crippen LogP) is 21.1. The summed E-state index contributed by atoms with van der Waals surface area (Å²) in [7, 11) is 1.47. The van der Waals surface area contributed by atoms with E-state index < -0.39 is 20.0 Å². The Hall–Kier alpha value is -3.07. The highest BCUT2D eigenvalue weighted by molar-refractivity contribution is 7.47. The maximum Gasteiger partial charge on any atom is 0.472 e. The van der Waals surface area contributed by atoms with Crippen LogP contribution < -0.4 is 5.32 Å². The Morgan fingerprint density at radius 3 is 1.15 bits per heavy atom. The summed E-state index contributed by atoms with van der Waals surface area (Å²) in [6.45, 7) is 6.95. The van der Waals surface area contributed by atoms with Gasteiger partial charge in [-0.2, -0.15) is 0 Å². The molecule has 9 nitrogen and oxygen atoms in total. The van der Waals surface area contributed by atoms with E-state index in [4.69, 9.17) is 13.8 Å². The van der Waals surface area contributed by atoms with Crippen molar-refractivity contribution in [1.29, 1.82) is 0 Å². The minimum Gasteiger partial charge on any atom is -0.456 e. The summed E-state index contributed by atoms with van der Waals surface area (Å²) in [5, 5.41) is 3.06. The molecule has 3 atom stereocenters. The van der Waals surface area contributed by atoms with Gasteiger partial charge in [-0.1, -0.05) is 260 Å². The number of phosphoric ester groups is 1. The van der Waals surface area contributed by atoms with E-state index in [9.17, 15) is 19.0 Å². The van der Waals surface area contributed by atoms with E-state index in [2.05, 4.69) is 111 Å². The molecule has 0 aromatic heterocycles. The van der Waals surface area contributed by atoms with Gasteiger partial charge in [0.25, 0.3) is 0 Å². The van der Waals surface area contributed by atoms with Crippen LogP contribution in [0.25, 0.3) is 0 Å². The van der Waals surface area contributed by atoms with Crippen LogP contribution in [0.2, 0.25) is 0 Å². The Labute approximate surface area is 500 Å². The van der Waals surface area contributed by atoms with Crippen molar-refractivity contribution in [3.8, 4) is 0 Å².